The Morgan fingerprint density at radius 1 is 1.06 bits per heavy atom. The van der Waals surface area contributed by atoms with Gasteiger partial charge in [0.2, 0.25) is 5.91 Å². The summed E-state index contributed by atoms with van der Waals surface area (Å²) in [6.07, 6.45) is 4.65. The fourth-order valence-electron chi connectivity index (χ4n) is 7.61. The molecule has 1 amide bonds. The van der Waals surface area contributed by atoms with Crippen molar-refractivity contribution in [2.75, 3.05) is 43.6 Å². The number of aromatic nitrogens is 3. The predicted molar refractivity (Wildman–Crippen MR) is 182 cm³/mol. The Morgan fingerprint density at radius 3 is 2.56 bits per heavy atom. The number of carbonyl (C=O) groups is 2. The van der Waals surface area contributed by atoms with E-state index in [9.17, 15) is 9.59 Å². The van der Waals surface area contributed by atoms with Crippen molar-refractivity contribution in [2.45, 2.75) is 26.4 Å². The highest BCUT2D eigenvalue weighted by molar-refractivity contribution is 6.19. The molecule has 0 spiro atoms. The van der Waals surface area contributed by atoms with Crippen LogP contribution in [0.3, 0.4) is 0 Å². The lowest BCUT2D eigenvalue weighted by Gasteiger charge is -2.28. The van der Waals surface area contributed by atoms with E-state index >= 15 is 8.78 Å². The summed E-state index contributed by atoms with van der Waals surface area (Å²) in [4.78, 5) is 33.5. The number of aryl methyl sites for hydroxylation is 3. The van der Waals surface area contributed by atoms with Gasteiger partial charge in [-0.25, -0.2) is 13.8 Å². The average Bonchev–Trinajstić information content (AvgIpc) is 3.36. The van der Waals surface area contributed by atoms with Crippen LogP contribution in [0.5, 0.6) is 0 Å². The molecule has 1 aliphatic carbocycles. The van der Waals surface area contributed by atoms with Gasteiger partial charge >= 0.3 is 0 Å². The van der Waals surface area contributed by atoms with Gasteiger partial charge in [-0.2, -0.15) is 0 Å². The summed E-state index contributed by atoms with van der Waals surface area (Å²) in [5.41, 5.74) is 6.60. The van der Waals surface area contributed by atoms with Crippen molar-refractivity contribution in [2.24, 2.45) is 18.9 Å². The van der Waals surface area contributed by atoms with Gasteiger partial charge in [0.25, 0.3) is 0 Å². The number of nitrogens with one attached hydrogen (secondary N) is 2. The lowest BCUT2D eigenvalue weighted by atomic mass is 9.93. The molecule has 9 nitrogen and oxygen atoms in total. The summed E-state index contributed by atoms with van der Waals surface area (Å²) in [7, 11) is 4.07. The van der Waals surface area contributed by atoms with Gasteiger partial charge in [0.05, 0.1) is 29.9 Å². The third kappa shape index (κ3) is 4.83. The zero-order chi connectivity index (χ0) is 33.4. The first-order valence-electron chi connectivity index (χ1n) is 16.2. The molecule has 0 bridgehead atoms. The highest BCUT2D eigenvalue weighted by Crippen LogP contribution is 2.45. The number of nitrogens with zero attached hydrogens (tertiary/aromatic N) is 4. The number of benzene rings is 3. The fraction of sp³-hybridized carbons (Fsp3) is 0.324. The smallest absolute Gasteiger partial charge is 0.248 e. The number of anilines is 2. The first kappa shape index (κ1) is 30.5. The maximum absolute atomic E-state index is 15.3. The number of likely N-dealkylation sites (N-methyl/N-ethyl adjacent to an activating group) is 1. The van der Waals surface area contributed by atoms with Gasteiger partial charge in [-0.05, 0) is 37.6 Å². The number of ketones is 1. The second-order valence-electron chi connectivity index (χ2n) is 13.2. The molecule has 3 aromatic carbocycles. The highest BCUT2D eigenvalue weighted by atomic mass is 19.1. The molecule has 246 valence electrons. The predicted octanol–water partition coefficient (Wildman–Crippen LogP) is 5.50. The van der Waals surface area contributed by atoms with E-state index in [1.54, 1.807) is 12.3 Å². The van der Waals surface area contributed by atoms with Crippen LogP contribution in [0.25, 0.3) is 33.1 Å². The Labute approximate surface area is 276 Å². The van der Waals surface area contributed by atoms with Gasteiger partial charge in [-0.15, -0.1) is 0 Å². The van der Waals surface area contributed by atoms with Crippen molar-refractivity contribution in [3.8, 4) is 11.1 Å². The number of para-hydroxylation sites is 1. The van der Waals surface area contributed by atoms with Crippen LogP contribution < -0.4 is 15.5 Å². The number of imidazole rings is 1. The molecule has 1 saturated heterocycles. The molecular formula is C37H36F2N6O3. The van der Waals surface area contributed by atoms with Crippen LogP contribution >= 0.6 is 0 Å². The summed E-state index contributed by atoms with van der Waals surface area (Å²) in [5.74, 6) is -1.23. The molecule has 2 aromatic heterocycles. The van der Waals surface area contributed by atoms with E-state index in [2.05, 4.69) is 44.7 Å². The van der Waals surface area contributed by atoms with Crippen molar-refractivity contribution in [1.82, 2.24) is 19.4 Å². The molecule has 2 aliphatic heterocycles. The van der Waals surface area contributed by atoms with Gasteiger partial charge in [-0.3, -0.25) is 9.59 Å². The summed E-state index contributed by atoms with van der Waals surface area (Å²) in [6, 6.07) is 10.3. The average molecular weight is 651 g/mol. The monoisotopic (exact) mass is 650 g/mol. The standard InChI is InChI=1S/C37H36F2N6O3/c1-19-13-29-34(41-20(2)44(29)4)36-31(19)23-8-5-7-22-24(16-45(35(22)23)12-11-43(36)3)37(47)21-14-27(38)33(28(39)15-21)42-30(46)9-6-10-40-32-25-17-48-18-26(25)32/h5-9,13-16,25-26,32,40H,10-12,17-18H2,1-4H3,(H,42,46)/b9-6+/t25-,26+,32?. The van der Waals surface area contributed by atoms with Crippen molar-refractivity contribution in [3.05, 3.63) is 88.9 Å². The van der Waals surface area contributed by atoms with Gasteiger partial charge in [0, 0.05) is 91.5 Å². The molecule has 2 fully saturated rings. The van der Waals surface area contributed by atoms with Crippen molar-refractivity contribution < 1.29 is 23.1 Å². The number of halogens is 2. The van der Waals surface area contributed by atoms with Crippen molar-refractivity contribution >= 4 is 45.0 Å². The molecule has 2 N–H and O–H groups in total. The van der Waals surface area contributed by atoms with Crippen LogP contribution in [0.4, 0.5) is 20.2 Å². The molecular weight excluding hydrogens is 614 g/mol. The van der Waals surface area contributed by atoms with E-state index in [0.717, 1.165) is 70.1 Å². The van der Waals surface area contributed by atoms with E-state index in [4.69, 9.17) is 9.72 Å². The van der Waals surface area contributed by atoms with Gasteiger partial charge in [0.1, 0.15) is 28.7 Å². The first-order chi connectivity index (χ1) is 23.1. The SMILES string of the molecule is Cc1cc2c(nc(C)n2C)c2c1-c1cccc3c(C(=O)c4cc(F)c(NC(=O)/C=C/CNC5[C@H]6COC[C@@H]56)c(F)c4)cn(c13)CCN2C. The molecule has 3 aliphatic rings. The van der Waals surface area contributed by atoms with Crippen molar-refractivity contribution in [3.63, 3.8) is 0 Å². The van der Waals surface area contributed by atoms with Crippen LogP contribution in [-0.4, -0.2) is 65.2 Å². The van der Waals surface area contributed by atoms with Crippen LogP contribution in [0.2, 0.25) is 0 Å². The Balaban J connectivity index is 1.09. The zero-order valence-corrected chi connectivity index (χ0v) is 27.2. The summed E-state index contributed by atoms with van der Waals surface area (Å²) in [5, 5.41) is 6.33. The normalized spacial score (nSPS) is 19.9. The molecule has 11 heteroatoms. The molecule has 5 aromatic rings. The van der Waals surface area contributed by atoms with Crippen LogP contribution in [0, 0.1) is 37.3 Å². The van der Waals surface area contributed by atoms with Crippen LogP contribution in [-0.2, 0) is 23.1 Å². The molecule has 4 heterocycles. The van der Waals surface area contributed by atoms with E-state index < -0.39 is 29.0 Å². The third-order valence-corrected chi connectivity index (χ3v) is 10.3. The van der Waals surface area contributed by atoms with E-state index in [0.29, 0.717) is 48.5 Å². The number of carbonyl (C=O) groups excluding carboxylic acids is 2. The Kier molecular flexibility index (Phi) is 7.22. The Bertz CT molecular complexity index is 2170. The molecule has 3 atom stereocenters. The zero-order valence-electron chi connectivity index (χ0n) is 27.2. The largest absolute Gasteiger partial charge is 0.381 e. The number of rotatable bonds is 7. The molecule has 0 radical (unpaired) electrons. The van der Waals surface area contributed by atoms with Gasteiger partial charge in [0.15, 0.2) is 5.78 Å². The number of ether oxygens (including phenoxy) is 1. The minimum atomic E-state index is -1.02. The summed E-state index contributed by atoms with van der Waals surface area (Å²) >= 11 is 0. The first-order valence-corrected chi connectivity index (χ1v) is 16.2. The Morgan fingerprint density at radius 2 is 1.81 bits per heavy atom. The van der Waals surface area contributed by atoms with E-state index in [1.807, 2.05) is 32.2 Å². The lowest BCUT2D eigenvalue weighted by Crippen LogP contribution is -2.25. The molecule has 1 saturated carbocycles. The number of hydrogen-bond acceptors (Lipinski definition) is 6. The summed E-state index contributed by atoms with van der Waals surface area (Å²) in [6.45, 7) is 7.30. The highest BCUT2D eigenvalue weighted by Gasteiger charge is 2.53. The van der Waals surface area contributed by atoms with Crippen LogP contribution in [0.15, 0.2) is 54.7 Å². The second kappa shape index (κ2) is 11.4. The minimum absolute atomic E-state index is 0.139. The second-order valence-corrected chi connectivity index (χ2v) is 13.2. The van der Waals surface area contributed by atoms with E-state index in [-0.39, 0.29) is 5.56 Å². The third-order valence-electron chi connectivity index (χ3n) is 10.3. The lowest BCUT2D eigenvalue weighted by molar-refractivity contribution is -0.112. The number of fused-ring (bicyclic) bond motifs is 5. The van der Waals surface area contributed by atoms with Gasteiger partial charge in [-0.1, -0.05) is 24.3 Å². The quantitative estimate of drug-likeness (QED) is 0.179. The maximum atomic E-state index is 15.3. The van der Waals surface area contributed by atoms with Crippen LogP contribution in [0.1, 0.15) is 27.3 Å². The van der Waals surface area contributed by atoms with E-state index in [1.165, 1.54) is 6.08 Å². The van der Waals surface area contributed by atoms with Crippen molar-refractivity contribution in [1.29, 1.82) is 0 Å². The topological polar surface area (TPSA) is 93.4 Å². The van der Waals surface area contributed by atoms with Gasteiger partial charge < -0.3 is 29.4 Å². The Hall–Kier alpha value is -4.87. The summed E-state index contributed by atoms with van der Waals surface area (Å²) < 4.78 is 40.1. The fourth-order valence-corrected chi connectivity index (χ4v) is 7.61. The molecule has 1 unspecified atom stereocenters. The number of hydrogen-bond donors (Lipinski definition) is 2. The molecule has 8 rings (SSSR count). The number of amides is 1. The minimum Gasteiger partial charge on any atom is -0.381 e. The maximum Gasteiger partial charge on any atom is 0.248 e. The molecule has 48 heavy (non-hydrogen) atoms.